The molecule has 0 fully saturated rings. The minimum atomic E-state index is -0.915. The molecular formula is C16H34N6O5. The summed E-state index contributed by atoms with van der Waals surface area (Å²) in [6.45, 7) is 1.40. The van der Waals surface area contributed by atoms with E-state index in [9.17, 15) is 14.4 Å². The van der Waals surface area contributed by atoms with Crippen LogP contribution in [0, 0.1) is 0 Å². The van der Waals surface area contributed by atoms with Crippen molar-refractivity contribution in [3.63, 3.8) is 0 Å². The van der Waals surface area contributed by atoms with Crippen molar-refractivity contribution >= 4 is 18.1 Å². The van der Waals surface area contributed by atoms with Gasteiger partial charge in [-0.1, -0.05) is 6.42 Å². The quantitative estimate of drug-likeness (QED) is 0.216. The average Bonchev–Trinajstić information content (AvgIpc) is 2.63. The normalized spacial score (nSPS) is 11.5. The number of hydrogen-bond acceptors (Lipinski definition) is 8. The summed E-state index contributed by atoms with van der Waals surface area (Å²) in [6.07, 6.45) is 1.94. The lowest BCUT2D eigenvalue weighted by atomic mass is 10.1. The molecule has 0 saturated carbocycles. The van der Waals surface area contributed by atoms with Gasteiger partial charge in [-0.15, -0.1) is 0 Å². The Hall–Kier alpha value is -2.11. The first-order valence-corrected chi connectivity index (χ1v) is 9.18. The zero-order chi connectivity index (χ0) is 20.5. The van der Waals surface area contributed by atoms with Crippen LogP contribution in [0.1, 0.15) is 32.1 Å². The molecule has 11 heteroatoms. The van der Waals surface area contributed by atoms with Crippen LogP contribution in [0.2, 0.25) is 0 Å². The smallest absolute Gasteiger partial charge is 0.410 e. The van der Waals surface area contributed by atoms with Crippen molar-refractivity contribution in [2.24, 2.45) is 22.9 Å². The number of rotatable bonds is 15. The summed E-state index contributed by atoms with van der Waals surface area (Å²) in [7, 11) is 0. The van der Waals surface area contributed by atoms with Crippen molar-refractivity contribution in [3.8, 4) is 0 Å². The van der Waals surface area contributed by atoms with E-state index in [0.717, 1.165) is 19.3 Å². The number of nitrogens with two attached hydrogens (primary N) is 4. The van der Waals surface area contributed by atoms with Gasteiger partial charge in [0.1, 0.15) is 19.8 Å². The highest BCUT2D eigenvalue weighted by Gasteiger charge is 2.20. The molecule has 0 aliphatic carbocycles. The van der Waals surface area contributed by atoms with Crippen LogP contribution in [-0.2, 0) is 14.3 Å². The summed E-state index contributed by atoms with van der Waals surface area (Å²) in [6, 6.07) is -0.414. The van der Waals surface area contributed by atoms with Crippen molar-refractivity contribution in [1.82, 2.24) is 10.2 Å². The predicted octanol–water partition coefficient (Wildman–Crippen LogP) is -1.17. The first kappa shape index (κ1) is 24.9. The minimum Gasteiger partial charge on any atom is -0.448 e. The Bertz CT molecular complexity index is 438. The highest BCUT2D eigenvalue weighted by molar-refractivity contribution is 5.82. The van der Waals surface area contributed by atoms with Crippen LogP contribution in [0.5, 0.6) is 0 Å². The van der Waals surface area contributed by atoms with Gasteiger partial charge >= 0.3 is 12.2 Å². The summed E-state index contributed by atoms with van der Waals surface area (Å²) in [4.78, 5) is 36.5. The highest BCUT2D eigenvalue weighted by Crippen LogP contribution is 2.03. The number of primary amides is 1. The molecule has 0 spiro atoms. The van der Waals surface area contributed by atoms with Gasteiger partial charge in [-0.25, -0.2) is 9.59 Å². The molecule has 1 atom stereocenters. The molecule has 0 aromatic heterocycles. The monoisotopic (exact) mass is 390 g/mol. The van der Waals surface area contributed by atoms with Crippen LogP contribution in [0.15, 0.2) is 0 Å². The van der Waals surface area contributed by atoms with Crippen LogP contribution in [0.3, 0.4) is 0 Å². The van der Waals surface area contributed by atoms with Gasteiger partial charge in [0, 0.05) is 13.1 Å². The van der Waals surface area contributed by atoms with Crippen LogP contribution in [-0.4, -0.2) is 75.0 Å². The first-order valence-electron chi connectivity index (χ1n) is 9.18. The number of hydrogen-bond donors (Lipinski definition) is 5. The topological polar surface area (TPSA) is 189 Å². The summed E-state index contributed by atoms with van der Waals surface area (Å²) >= 11 is 0. The molecule has 0 aliphatic rings. The largest absolute Gasteiger partial charge is 0.448 e. The van der Waals surface area contributed by atoms with E-state index in [0.29, 0.717) is 32.5 Å². The molecule has 0 aromatic carbocycles. The van der Waals surface area contributed by atoms with Gasteiger partial charge in [0.25, 0.3) is 0 Å². The molecule has 0 saturated heterocycles. The lowest BCUT2D eigenvalue weighted by Gasteiger charge is -2.24. The second-order valence-corrected chi connectivity index (χ2v) is 6.00. The van der Waals surface area contributed by atoms with Gasteiger partial charge in [0.15, 0.2) is 0 Å². The zero-order valence-electron chi connectivity index (χ0n) is 15.9. The second-order valence-electron chi connectivity index (χ2n) is 6.00. The Kier molecular flexibility index (Phi) is 14.8. The Morgan fingerprint density at radius 2 is 1.59 bits per heavy atom. The molecule has 3 amide bonds. The second kappa shape index (κ2) is 16.1. The number of carbonyl (C=O) groups excluding carboxylic acids is 3. The third-order valence-corrected chi connectivity index (χ3v) is 3.62. The van der Waals surface area contributed by atoms with Crippen molar-refractivity contribution < 1.29 is 23.9 Å². The number of ether oxygens (including phenoxy) is 2. The molecule has 0 aromatic rings. The molecule has 0 bridgehead atoms. The van der Waals surface area contributed by atoms with E-state index >= 15 is 0 Å². The summed E-state index contributed by atoms with van der Waals surface area (Å²) in [5.74, 6) is -0.390. The number of carbonyl (C=O) groups is 3. The fourth-order valence-electron chi connectivity index (χ4n) is 2.28. The maximum atomic E-state index is 12.3. The minimum absolute atomic E-state index is 0.0452. The molecule has 11 nitrogen and oxygen atoms in total. The van der Waals surface area contributed by atoms with Crippen molar-refractivity contribution in [1.29, 1.82) is 0 Å². The summed E-state index contributed by atoms with van der Waals surface area (Å²) < 4.78 is 9.78. The van der Waals surface area contributed by atoms with Gasteiger partial charge < -0.3 is 37.7 Å². The fraction of sp³-hybridized carbons (Fsp3) is 0.812. The molecule has 9 N–H and O–H groups in total. The maximum absolute atomic E-state index is 12.3. The third kappa shape index (κ3) is 13.7. The number of nitrogens with one attached hydrogen (secondary N) is 1. The van der Waals surface area contributed by atoms with E-state index in [4.69, 9.17) is 32.4 Å². The average molecular weight is 390 g/mol. The maximum Gasteiger partial charge on any atom is 0.410 e. The lowest BCUT2D eigenvalue weighted by Crippen LogP contribution is -2.46. The Morgan fingerprint density at radius 1 is 0.926 bits per heavy atom. The highest BCUT2D eigenvalue weighted by atomic mass is 16.6. The van der Waals surface area contributed by atoms with Gasteiger partial charge in [-0.2, -0.15) is 0 Å². The van der Waals surface area contributed by atoms with Crippen LogP contribution in [0.25, 0.3) is 0 Å². The molecule has 27 heavy (non-hydrogen) atoms. The Labute approximate surface area is 160 Å². The van der Waals surface area contributed by atoms with E-state index in [2.05, 4.69) is 5.32 Å². The van der Waals surface area contributed by atoms with Crippen LogP contribution < -0.4 is 28.3 Å². The first-order chi connectivity index (χ1) is 12.9. The SMILES string of the molecule is NCCCC[C@H](COC(N)=O)NC(=O)CN(CCCCN)C(=O)OCCN. The lowest BCUT2D eigenvalue weighted by molar-refractivity contribution is -0.123. The van der Waals surface area contributed by atoms with E-state index in [1.165, 1.54) is 4.90 Å². The molecule has 0 unspecified atom stereocenters. The van der Waals surface area contributed by atoms with Crippen molar-refractivity contribution in [2.75, 3.05) is 45.9 Å². The predicted molar refractivity (Wildman–Crippen MR) is 101 cm³/mol. The standard InChI is InChI=1S/C16H34N6O5/c17-6-2-1-5-13(12-27-15(20)24)21-14(23)11-22(9-4-3-7-18)16(25)26-10-8-19/h13H,1-12,17-19H2,(H2,20,24)(H,21,23)/t13-/m1/s1. The van der Waals surface area contributed by atoms with E-state index in [-0.39, 0.29) is 26.3 Å². The van der Waals surface area contributed by atoms with Crippen LogP contribution >= 0.6 is 0 Å². The van der Waals surface area contributed by atoms with Crippen molar-refractivity contribution in [2.45, 2.75) is 38.1 Å². The molecule has 158 valence electrons. The van der Waals surface area contributed by atoms with Gasteiger partial charge in [0.2, 0.25) is 5.91 Å². The van der Waals surface area contributed by atoms with Gasteiger partial charge in [-0.3, -0.25) is 9.69 Å². The van der Waals surface area contributed by atoms with E-state index in [1.807, 2.05) is 0 Å². The molecule has 0 radical (unpaired) electrons. The molecular weight excluding hydrogens is 356 g/mol. The Morgan fingerprint density at radius 3 is 2.19 bits per heavy atom. The molecule has 0 heterocycles. The summed E-state index contributed by atoms with van der Waals surface area (Å²) in [5.41, 5.74) is 21.2. The van der Waals surface area contributed by atoms with E-state index < -0.39 is 24.1 Å². The van der Waals surface area contributed by atoms with E-state index in [1.54, 1.807) is 0 Å². The zero-order valence-corrected chi connectivity index (χ0v) is 15.9. The number of nitrogens with zero attached hydrogens (tertiary/aromatic N) is 1. The third-order valence-electron chi connectivity index (χ3n) is 3.62. The number of unbranched alkanes of at least 4 members (excludes halogenated alkanes) is 2. The van der Waals surface area contributed by atoms with Gasteiger partial charge in [0.05, 0.1) is 6.04 Å². The van der Waals surface area contributed by atoms with Gasteiger partial charge in [-0.05, 0) is 38.8 Å². The molecule has 0 rings (SSSR count). The number of amides is 3. The Balaban J connectivity index is 4.70. The van der Waals surface area contributed by atoms with Crippen molar-refractivity contribution in [3.05, 3.63) is 0 Å². The molecule has 0 aliphatic heterocycles. The fourth-order valence-corrected chi connectivity index (χ4v) is 2.28. The summed E-state index contributed by atoms with van der Waals surface area (Å²) in [5, 5.41) is 2.75. The van der Waals surface area contributed by atoms with Crippen LogP contribution in [0.4, 0.5) is 9.59 Å².